The first-order chi connectivity index (χ1) is 4.79. The monoisotopic (exact) mass is 132 g/mol. The summed E-state index contributed by atoms with van der Waals surface area (Å²) >= 11 is 0. The summed E-state index contributed by atoms with van der Waals surface area (Å²) in [4.78, 5) is 0.964. The van der Waals surface area contributed by atoms with Gasteiger partial charge in [0, 0.05) is 12.6 Å². The van der Waals surface area contributed by atoms with Gasteiger partial charge >= 0.3 is 0 Å². The Labute approximate surface area is 63.1 Å². The minimum absolute atomic E-state index is 0.890. The van der Waals surface area contributed by atoms with Crippen LogP contribution < -0.4 is 4.81 Å². The van der Waals surface area contributed by atoms with Crippen molar-refractivity contribution < 1.29 is 4.81 Å². The van der Waals surface area contributed by atoms with Gasteiger partial charge in [0.2, 0.25) is 0 Å². The molecule has 3 radical (unpaired) electrons. The number of nitrogens with one attached hydrogen (secondary N) is 1. The van der Waals surface area contributed by atoms with Crippen LogP contribution in [0.1, 0.15) is 5.56 Å². The van der Waals surface area contributed by atoms with E-state index in [2.05, 4.69) is 12.1 Å². The third kappa shape index (κ3) is 2.23. The number of hydrogen-bond donors (Lipinski definition) is 1. The van der Waals surface area contributed by atoms with Gasteiger partial charge in [-0.3, -0.25) is 0 Å². The van der Waals surface area contributed by atoms with E-state index in [1.165, 1.54) is 5.56 Å². The maximum Gasteiger partial charge on any atom is 0.0563 e. The molecule has 1 aromatic carbocycles. The highest BCUT2D eigenvalue weighted by Crippen LogP contribution is 1.94. The molecule has 0 saturated heterocycles. The summed E-state index contributed by atoms with van der Waals surface area (Å²) in [5, 5.41) is 0. The standard InChI is InChI=1S/C8H11BN/c1-10(9)7-8-5-3-2-4-6-8/h2-6,10H,7H2,1H3. The quantitative estimate of drug-likeness (QED) is 0.531. The first-order valence-corrected chi connectivity index (χ1v) is 3.41. The maximum atomic E-state index is 5.54. The van der Waals surface area contributed by atoms with E-state index in [9.17, 15) is 0 Å². The van der Waals surface area contributed by atoms with Gasteiger partial charge in [-0.15, -0.1) is 0 Å². The minimum atomic E-state index is 0.890. The van der Waals surface area contributed by atoms with Crippen LogP contribution in [0.5, 0.6) is 0 Å². The van der Waals surface area contributed by atoms with Gasteiger partial charge in [0.15, 0.2) is 0 Å². The van der Waals surface area contributed by atoms with Crippen LogP contribution in [0.4, 0.5) is 0 Å². The van der Waals surface area contributed by atoms with Crippen molar-refractivity contribution >= 4 is 7.98 Å². The van der Waals surface area contributed by atoms with E-state index < -0.39 is 0 Å². The lowest BCUT2D eigenvalue weighted by Crippen LogP contribution is -3.05. The van der Waals surface area contributed by atoms with Gasteiger partial charge in [0.25, 0.3) is 0 Å². The number of rotatable bonds is 2. The van der Waals surface area contributed by atoms with Crippen molar-refractivity contribution in [3.05, 3.63) is 35.9 Å². The summed E-state index contributed by atoms with van der Waals surface area (Å²) in [5.74, 6) is 0. The van der Waals surface area contributed by atoms with Gasteiger partial charge in [0.05, 0.1) is 6.54 Å². The fourth-order valence-electron chi connectivity index (χ4n) is 0.918. The molecule has 0 fully saturated rings. The van der Waals surface area contributed by atoms with E-state index >= 15 is 0 Å². The molecule has 0 aliphatic rings. The third-order valence-corrected chi connectivity index (χ3v) is 1.33. The molecule has 0 aliphatic carbocycles. The Morgan fingerprint density at radius 3 is 2.40 bits per heavy atom. The molecule has 0 heterocycles. The van der Waals surface area contributed by atoms with Gasteiger partial charge < -0.3 is 4.81 Å². The Bertz CT molecular complexity index is 184. The minimum Gasteiger partial charge on any atom is -0.597 e. The van der Waals surface area contributed by atoms with Crippen LogP contribution in [0, 0.1) is 0 Å². The fraction of sp³-hybridized carbons (Fsp3) is 0.250. The molecule has 1 nitrogen and oxygen atoms in total. The highest BCUT2D eigenvalue weighted by atomic mass is 15.0. The molecule has 0 aliphatic heterocycles. The molecule has 1 N–H and O–H groups in total. The highest BCUT2D eigenvalue weighted by molar-refractivity contribution is 5.94. The Kier molecular flexibility index (Phi) is 2.52. The highest BCUT2D eigenvalue weighted by Gasteiger charge is 1.87. The van der Waals surface area contributed by atoms with Crippen LogP contribution in [-0.2, 0) is 6.54 Å². The molecule has 51 valence electrons. The Morgan fingerprint density at radius 1 is 1.30 bits per heavy atom. The summed E-state index contributed by atoms with van der Waals surface area (Å²) in [6.07, 6.45) is 0. The van der Waals surface area contributed by atoms with Crippen molar-refractivity contribution in [2.24, 2.45) is 0 Å². The van der Waals surface area contributed by atoms with Crippen molar-refractivity contribution in [3.8, 4) is 0 Å². The molecule has 1 atom stereocenters. The Balaban J connectivity index is 2.59. The molecule has 1 rings (SSSR count). The zero-order chi connectivity index (χ0) is 7.40. The van der Waals surface area contributed by atoms with Crippen LogP contribution in [0.3, 0.4) is 0 Å². The molecular formula is C8H11BN. The lowest BCUT2D eigenvalue weighted by Gasteiger charge is -2.20. The summed E-state index contributed by atoms with van der Waals surface area (Å²) in [6.45, 7) is 0.890. The van der Waals surface area contributed by atoms with E-state index in [0.717, 1.165) is 11.4 Å². The normalized spacial score (nSPS) is 13.0. The average molecular weight is 132 g/mol. The Morgan fingerprint density at radius 2 is 1.90 bits per heavy atom. The van der Waals surface area contributed by atoms with Gasteiger partial charge in [0.1, 0.15) is 0 Å². The molecule has 0 bridgehead atoms. The van der Waals surface area contributed by atoms with Gasteiger partial charge in [-0.2, -0.15) is 0 Å². The van der Waals surface area contributed by atoms with E-state index in [-0.39, 0.29) is 0 Å². The van der Waals surface area contributed by atoms with Crippen molar-refractivity contribution in [1.29, 1.82) is 0 Å². The van der Waals surface area contributed by atoms with E-state index in [4.69, 9.17) is 7.98 Å². The molecular weight excluding hydrogens is 121 g/mol. The summed E-state index contributed by atoms with van der Waals surface area (Å²) in [7, 11) is 7.48. The van der Waals surface area contributed by atoms with Gasteiger partial charge in [-0.05, 0) is 0 Å². The lowest BCUT2D eigenvalue weighted by molar-refractivity contribution is -0.770. The predicted octanol–water partition coefficient (Wildman–Crippen LogP) is -0.215. The Hall–Kier alpha value is -0.755. The molecule has 1 aromatic rings. The topological polar surface area (TPSA) is 4.44 Å². The average Bonchev–Trinajstić information content (AvgIpc) is 1.88. The van der Waals surface area contributed by atoms with Crippen LogP contribution in [0.2, 0.25) is 0 Å². The molecule has 0 amide bonds. The molecule has 0 spiro atoms. The number of benzene rings is 1. The lowest BCUT2D eigenvalue weighted by atomic mass is 10.2. The number of quaternary nitrogens is 1. The van der Waals surface area contributed by atoms with Crippen molar-refractivity contribution in [2.75, 3.05) is 7.05 Å². The molecule has 2 heteroatoms. The number of hydrogen-bond acceptors (Lipinski definition) is 0. The molecule has 1 unspecified atom stereocenters. The summed E-state index contributed by atoms with van der Waals surface area (Å²) < 4.78 is 0. The molecule has 0 saturated carbocycles. The largest absolute Gasteiger partial charge is 0.597 e. The first-order valence-electron chi connectivity index (χ1n) is 3.41. The second kappa shape index (κ2) is 3.42. The molecule has 0 aromatic heterocycles. The molecule has 10 heavy (non-hydrogen) atoms. The van der Waals surface area contributed by atoms with Crippen LogP contribution in [0.25, 0.3) is 0 Å². The zero-order valence-corrected chi connectivity index (χ0v) is 6.17. The zero-order valence-electron chi connectivity index (χ0n) is 6.17. The predicted molar refractivity (Wildman–Crippen MR) is 42.8 cm³/mol. The summed E-state index contributed by atoms with van der Waals surface area (Å²) in [6, 6.07) is 10.2. The van der Waals surface area contributed by atoms with Crippen LogP contribution in [0.15, 0.2) is 30.3 Å². The maximum absolute atomic E-state index is 5.54. The summed E-state index contributed by atoms with van der Waals surface area (Å²) in [5.41, 5.74) is 1.28. The smallest absolute Gasteiger partial charge is 0.0563 e. The van der Waals surface area contributed by atoms with Gasteiger partial charge in [-0.25, -0.2) is 7.98 Å². The SMILES string of the molecule is [B-][NH+](C)Cc1ccccc1. The van der Waals surface area contributed by atoms with Crippen LogP contribution in [-0.4, -0.2) is 15.0 Å². The third-order valence-electron chi connectivity index (χ3n) is 1.33. The second-order valence-electron chi connectivity index (χ2n) is 2.51. The van der Waals surface area contributed by atoms with E-state index in [0.29, 0.717) is 0 Å². The van der Waals surface area contributed by atoms with Crippen molar-refractivity contribution in [3.63, 3.8) is 0 Å². The van der Waals surface area contributed by atoms with Crippen molar-refractivity contribution in [1.82, 2.24) is 0 Å². The van der Waals surface area contributed by atoms with Crippen LogP contribution >= 0.6 is 0 Å². The van der Waals surface area contributed by atoms with E-state index in [1.807, 2.05) is 25.2 Å². The van der Waals surface area contributed by atoms with Crippen molar-refractivity contribution in [2.45, 2.75) is 6.54 Å². The second-order valence-corrected chi connectivity index (χ2v) is 2.51. The first kappa shape index (κ1) is 7.35. The van der Waals surface area contributed by atoms with E-state index in [1.54, 1.807) is 0 Å². The van der Waals surface area contributed by atoms with Gasteiger partial charge in [-0.1, -0.05) is 30.3 Å². The fourth-order valence-corrected chi connectivity index (χ4v) is 0.918.